The van der Waals surface area contributed by atoms with Crippen LogP contribution in [0, 0.1) is 11.7 Å². The van der Waals surface area contributed by atoms with Gasteiger partial charge in [-0.15, -0.1) is 0 Å². The van der Waals surface area contributed by atoms with Crippen LogP contribution in [-0.2, 0) is 4.74 Å². The highest BCUT2D eigenvalue weighted by molar-refractivity contribution is 5.74. The molecule has 2 heterocycles. The lowest BCUT2D eigenvalue weighted by Crippen LogP contribution is -2.50. The molecule has 0 bridgehead atoms. The molecule has 0 aliphatic carbocycles. The number of para-hydroxylation sites is 1. The zero-order chi connectivity index (χ0) is 16.1. The van der Waals surface area contributed by atoms with Gasteiger partial charge in [0.25, 0.3) is 0 Å². The minimum atomic E-state index is -0.326. The molecule has 126 valence electrons. The average molecular weight is 322 g/mol. The van der Waals surface area contributed by atoms with Crippen LogP contribution in [0.15, 0.2) is 24.3 Å². The Labute approximate surface area is 136 Å². The highest BCUT2D eigenvalue weighted by atomic mass is 19.1. The van der Waals surface area contributed by atoms with Crippen LogP contribution in [-0.4, -0.2) is 61.8 Å². The van der Waals surface area contributed by atoms with Gasteiger partial charge in [0.1, 0.15) is 0 Å². The van der Waals surface area contributed by atoms with Crippen molar-refractivity contribution in [3.8, 4) is 5.75 Å². The number of hydrogen-bond acceptors (Lipinski definition) is 3. The second kappa shape index (κ2) is 7.64. The van der Waals surface area contributed by atoms with Crippen molar-refractivity contribution in [2.75, 3.05) is 46.0 Å². The van der Waals surface area contributed by atoms with Crippen LogP contribution in [0.5, 0.6) is 5.75 Å². The smallest absolute Gasteiger partial charge is 0.320 e. The molecule has 2 fully saturated rings. The van der Waals surface area contributed by atoms with E-state index in [0.29, 0.717) is 44.6 Å². The lowest BCUT2D eigenvalue weighted by Gasteiger charge is -2.37. The number of morpholine rings is 1. The van der Waals surface area contributed by atoms with Gasteiger partial charge in [0.15, 0.2) is 11.6 Å². The van der Waals surface area contributed by atoms with Gasteiger partial charge in [-0.05, 0) is 30.9 Å². The third-order valence-electron chi connectivity index (χ3n) is 4.48. The fourth-order valence-electron chi connectivity index (χ4n) is 3.01. The standard InChI is InChI=1S/C17H23FN2O3/c18-15-3-1-2-4-16(15)23-13-14-5-7-19(8-6-14)17(21)20-9-11-22-12-10-20/h1-4,14H,5-13H2. The predicted octanol–water partition coefficient (Wildman–Crippen LogP) is 2.37. The predicted molar refractivity (Wildman–Crippen MR) is 84.0 cm³/mol. The maximum absolute atomic E-state index is 13.5. The molecule has 2 amide bonds. The van der Waals surface area contributed by atoms with E-state index >= 15 is 0 Å². The summed E-state index contributed by atoms with van der Waals surface area (Å²) in [5.41, 5.74) is 0. The Bertz CT molecular complexity index is 526. The van der Waals surface area contributed by atoms with E-state index in [9.17, 15) is 9.18 Å². The fraction of sp³-hybridized carbons (Fsp3) is 0.588. The van der Waals surface area contributed by atoms with Crippen molar-refractivity contribution in [2.24, 2.45) is 5.92 Å². The van der Waals surface area contributed by atoms with Crippen molar-refractivity contribution in [3.05, 3.63) is 30.1 Å². The molecule has 2 aliphatic heterocycles. The third-order valence-corrected chi connectivity index (χ3v) is 4.48. The molecule has 3 rings (SSSR count). The van der Waals surface area contributed by atoms with Crippen LogP contribution < -0.4 is 4.74 Å². The molecular weight excluding hydrogens is 299 g/mol. The summed E-state index contributed by atoms with van der Waals surface area (Å²) in [7, 11) is 0. The van der Waals surface area contributed by atoms with Crippen molar-refractivity contribution < 1.29 is 18.7 Å². The molecule has 0 saturated carbocycles. The zero-order valence-corrected chi connectivity index (χ0v) is 13.2. The lowest BCUT2D eigenvalue weighted by molar-refractivity contribution is 0.0388. The number of halogens is 1. The van der Waals surface area contributed by atoms with E-state index in [4.69, 9.17) is 9.47 Å². The Kier molecular flexibility index (Phi) is 5.33. The molecule has 0 atom stereocenters. The largest absolute Gasteiger partial charge is 0.490 e. The van der Waals surface area contributed by atoms with E-state index in [1.165, 1.54) is 6.07 Å². The van der Waals surface area contributed by atoms with E-state index in [2.05, 4.69) is 0 Å². The highest BCUT2D eigenvalue weighted by Gasteiger charge is 2.27. The number of likely N-dealkylation sites (tertiary alicyclic amines) is 1. The maximum Gasteiger partial charge on any atom is 0.320 e. The van der Waals surface area contributed by atoms with Gasteiger partial charge in [-0.2, -0.15) is 0 Å². The Morgan fingerprint density at radius 3 is 2.48 bits per heavy atom. The van der Waals surface area contributed by atoms with Crippen molar-refractivity contribution >= 4 is 6.03 Å². The number of nitrogens with zero attached hydrogens (tertiary/aromatic N) is 2. The van der Waals surface area contributed by atoms with Crippen molar-refractivity contribution in [3.63, 3.8) is 0 Å². The lowest BCUT2D eigenvalue weighted by atomic mass is 9.98. The molecule has 2 aliphatic rings. The van der Waals surface area contributed by atoms with Crippen LogP contribution in [0.25, 0.3) is 0 Å². The van der Waals surface area contributed by atoms with Gasteiger partial charge in [-0.25, -0.2) is 9.18 Å². The zero-order valence-electron chi connectivity index (χ0n) is 13.2. The Balaban J connectivity index is 1.43. The van der Waals surface area contributed by atoms with Crippen LogP contribution in [0.1, 0.15) is 12.8 Å². The molecule has 1 aromatic carbocycles. The summed E-state index contributed by atoms with van der Waals surface area (Å²) in [5.74, 6) is 0.343. The Hall–Kier alpha value is -1.82. The van der Waals surface area contributed by atoms with Gasteiger partial charge in [0.2, 0.25) is 0 Å². The normalized spacial score (nSPS) is 19.7. The van der Waals surface area contributed by atoms with Gasteiger partial charge in [-0.1, -0.05) is 12.1 Å². The van der Waals surface area contributed by atoms with Crippen LogP contribution in [0.4, 0.5) is 9.18 Å². The molecule has 0 aromatic heterocycles. The quantitative estimate of drug-likeness (QED) is 0.858. The second-order valence-electron chi connectivity index (χ2n) is 6.05. The number of amides is 2. The summed E-state index contributed by atoms with van der Waals surface area (Å²) in [6.07, 6.45) is 1.79. The maximum atomic E-state index is 13.5. The third kappa shape index (κ3) is 4.13. The molecule has 0 radical (unpaired) electrons. The number of benzene rings is 1. The molecule has 23 heavy (non-hydrogen) atoms. The van der Waals surface area contributed by atoms with Crippen LogP contribution >= 0.6 is 0 Å². The van der Waals surface area contributed by atoms with Gasteiger partial charge in [0.05, 0.1) is 19.8 Å². The second-order valence-corrected chi connectivity index (χ2v) is 6.05. The highest BCUT2D eigenvalue weighted by Crippen LogP contribution is 2.22. The summed E-state index contributed by atoms with van der Waals surface area (Å²) in [6, 6.07) is 6.58. The minimum absolute atomic E-state index is 0.113. The number of hydrogen-bond donors (Lipinski definition) is 0. The number of rotatable bonds is 3. The van der Waals surface area contributed by atoms with Crippen molar-refractivity contribution in [1.29, 1.82) is 0 Å². The first-order valence-electron chi connectivity index (χ1n) is 8.23. The molecular formula is C17H23FN2O3. The summed E-state index contributed by atoms with van der Waals surface area (Å²) >= 11 is 0. The number of ether oxygens (including phenoxy) is 2. The molecule has 0 unspecified atom stereocenters. The van der Waals surface area contributed by atoms with Gasteiger partial charge < -0.3 is 19.3 Å². The van der Waals surface area contributed by atoms with E-state index in [-0.39, 0.29) is 11.8 Å². The number of piperidine rings is 1. The topological polar surface area (TPSA) is 42.0 Å². The molecule has 5 nitrogen and oxygen atoms in total. The van der Waals surface area contributed by atoms with Crippen molar-refractivity contribution in [1.82, 2.24) is 9.80 Å². The summed E-state index contributed by atoms with van der Waals surface area (Å²) in [6.45, 7) is 4.57. The van der Waals surface area contributed by atoms with Gasteiger partial charge >= 0.3 is 6.03 Å². The monoisotopic (exact) mass is 322 g/mol. The summed E-state index contributed by atoms with van der Waals surface area (Å²) in [4.78, 5) is 16.2. The number of urea groups is 1. The molecule has 1 aromatic rings. The van der Waals surface area contributed by atoms with Gasteiger partial charge in [-0.3, -0.25) is 0 Å². The average Bonchev–Trinajstić information content (AvgIpc) is 2.62. The molecule has 2 saturated heterocycles. The first kappa shape index (κ1) is 16.1. The van der Waals surface area contributed by atoms with Crippen LogP contribution in [0.3, 0.4) is 0 Å². The van der Waals surface area contributed by atoms with E-state index in [1.54, 1.807) is 18.2 Å². The summed E-state index contributed by atoms with van der Waals surface area (Å²) < 4.78 is 24.4. The van der Waals surface area contributed by atoms with Gasteiger partial charge in [0, 0.05) is 26.2 Å². The molecule has 6 heteroatoms. The van der Waals surface area contributed by atoms with E-state index < -0.39 is 0 Å². The first-order valence-corrected chi connectivity index (χ1v) is 8.23. The Morgan fingerprint density at radius 1 is 1.13 bits per heavy atom. The Morgan fingerprint density at radius 2 is 1.78 bits per heavy atom. The molecule has 0 spiro atoms. The number of carbonyl (C=O) groups excluding carboxylic acids is 1. The van der Waals surface area contributed by atoms with Crippen molar-refractivity contribution in [2.45, 2.75) is 12.8 Å². The number of carbonyl (C=O) groups is 1. The van der Waals surface area contributed by atoms with Crippen LogP contribution in [0.2, 0.25) is 0 Å². The first-order chi connectivity index (χ1) is 11.2. The minimum Gasteiger partial charge on any atom is -0.490 e. The SMILES string of the molecule is O=C(N1CCOCC1)N1CCC(COc2ccccc2F)CC1. The summed E-state index contributed by atoms with van der Waals surface area (Å²) in [5, 5.41) is 0. The van der Waals surface area contributed by atoms with E-state index in [1.807, 2.05) is 9.80 Å². The van der Waals surface area contributed by atoms with E-state index in [0.717, 1.165) is 25.9 Å². The fourth-order valence-corrected chi connectivity index (χ4v) is 3.01. The molecule has 0 N–H and O–H groups in total.